The summed E-state index contributed by atoms with van der Waals surface area (Å²) in [6.07, 6.45) is 0. The number of para-hydroxylation sites is 3. The van der Waals surface area contributed by atoms with Crippen molar-refractivity contribution in [2.45, 2.75) is 0 Å². The molecule has 0 bridgehead atoms. The molecular formula is C20H16N4O4. The second kappa shape index (κ2) is 8.45. The van der Waals surface area contributed by atoms with Gasteiger partial charge in [-0.15, -0.1) is 0 Å². The summed E-state index contributed by atoms with van der Waals surface area (Å²) in [6, 6.07) is 22.0. The fourth-order valence-electron chi connectivity index (χ4n) is 2.43. The van der Waals surface area contributed by atoms with E-state index >= 15 is 0 Å². The van der Waals surface area contributed by atoms with Crippen molar-refractivity contribution in [1.82, 2.24) is 0 Å². The number of amides is 2. The highest BCUT2D eigenvalue weighted by Gasteiger charge is 2.19. The van der Waals surface area contributed by atoms with Gasteiger partial charge in [0.05, 0.1) is 4.92 Å². The van der Waals surface area contributed by atoms with E-state index in [0.717, 1.165) is 11.4 Å². The van der Waals surface area contributed by atoms with Crippen LogP contribution < -0.4 is 16.0 Å². The van der Waals surface area contributed by atoms with Gasteiger partial charge in [0.1, 0.15) is 5.69 Å². The number of carbonyl (C=O) groups excluding carboxylic acids is 2. The summed E-state index contributed by atoms with van der Waals surface area (Å²) in [5, 5.41) is 18.9. The van der Waals surface area contributed by atoms with Gasteiger partial charge >= 0.3 is 11.8 Å². The van der Waals surface area contributed by atoms with Gasteiger partial charge in [-0.1, -0.05) is 30.3 Å². The maximum Gasteiger partial charge on any atom is 0.314 e. The normalized spacial score (nSPS) is 10.0. The molecule has 3 aromatic rings. The number of anilines is 4. The van der Waals surface area contributed by atoms with Crippen LogP contribution in [0.4, 0.5) is 28.4 Å². The largest absolute Gasteiger partial charge is 0.356 e. The molecule has 0 radical (unpaired) electrons. The quantitative estimate of drug-likeness (QED) is 0.355. The Morgan fingerprint density at radius 2 is 1.21 bits per heavy atom. The summed E-state index contributed by atoms with van der Waals surface area (Å²) in [5.74, 6) is -1.93. The number of rotatable bonds is 5. The average molecular weight is 376 g/mol. The Balaban J connectivity index is 1.61. The first kappa shape index (κ1) is 18.6. The van der Waals surface area contributed by atoms with Gasteiger partial charge in [-0.2, -0.15) is 0 Å². The van der Waals surface area contributed by atoms with Crippen LogP contribution in [0.3, 0.4) is 0 Å². The number of benzene rings is 3. The Bertz CT molecular complexity index is 1000. The Morgan fingerprint density at radius 1 is 0.679 bits per heavy atom. The van der Waals surface area contributed by atoms with Gasteiger partial charge < -0.3 is 16.0 Å². The van der Waals surface area contributed by atoms with Crippen LogP contribution in [0.2, 0.25) is 0 Å². The predicted octanol–water partition coefficient (Wildman–Crippen LogP) is 3.92. The Kier molecular flexibility index (Phi) is 5.61. The molecule has 0 fully saturated rings. The van der Waals surface area contributed by atoms with Crippen molar-refractivity contribution in [3.63, 3.8) is 0 Å². The van der Waals surface area contributed by atoms with Crippen LogP contribution in [0.5, 0.6) is 0 Å². The molecule has 0 saturated heterocycles. The first-order valence-corrected chi connectivity index (χ1v) is 8.31. The SMILES string of the molecule is O=C(Nc1ccc(Nc2ccccc2)cc1)C(=O)Nc1ccccc1[N+](=O)[O-]. The topological polar surface area (TPSA) is 113 Å². The monoisotopic (exact) mass is 376 g/mol. The predicted molar refractivity (Wildman–Crippen MR) is 107 cm³/mol. The standard InChI is InChI=1S/C20H16N4O4/c25-19(20(26)23-17-8-4-5-9-18(17)24(27)28)22-16-12-10-15(11-13-16)21-14-6-2-1-3-7-14/h1-13,21H,(H,22,25)(H,23,26). The molecular weight excluding hydrogens is 360 g/mol. The van der Waals surface area contributed by atoms with Crippen molar-refractivity contribution in [3.8, 4) is 0 Å². The number of nitrogens with one attached hydrogen (secondary N) is 3. The molecule has 0 aromatic heterocycles. The van der Waals surface area contributed by atoms with Crippen molar-refractivity contribution >= 4 is 40.3 Å². The van der Waals surface area contributed by atoms with Crippen molar-refractivity contribution in [1.29, 1.82) is 0 Å². The Hall–Kier alpha value is -4.20. The molecule has 0 saturated carbocycles. The smallest absolute Gasteiger partial charge is 0.314 e. The minimum Gasteiger partial charge on any atom is -0.356 e. The van der Waals surface area contributed by atoms with Crippen LogP contribution in [0.1, 0.15) is 0 Å². The second-order valence-electron chi connectivity index (χ2n) is 5.75. The van der Waals surface area contributed by atoms with E-state index in [9.17, 15) is 19.7 Å². The van der Waals surface area contributed by atoms with E-state index in [0.29, 0.717) is 5.69 Å². The molecule has 0 heterocycles. The summed E-state index contributed by atoms with van der Waals surface area (Å²) in [4.78, 5) is 34.4. The van der Waals surface area contributed by atoms with Gasteiger partial charge in [-0.05, 0) is 42.5 Å². The molecule has 0 atom stereocenters. The van der Waals surface area contributed by atoms with Crippen LogP contribution in [-0.4, -0.2) is 16.7 Å². The average Bonchev–Trinajstić information content (AvgIpc) is 2.70. The first-order chi connectivity index (χ1) is 13.5. The van der Waals surface area contributed by atoms with Crippen molar-refractivity contribution in [2.24, 2.45) is 0 Å². The number of hydrogen-bond acceptors (Lipinski definition) is 5. The van der Waals surface area contributed by atoms with E-state index in [2.05, 4.69) is 16.0 Å². The molecule has 0 spiro atoms. The summed E-state index contributed by atoms with van der Waals surface area (Å²) in [7, 11) is 0. The molecule has 2 amide bonds. The van der Waals surface area contributed by atoms with E-state index in [-0.39, 0.29) is 11.4 Å². The highest BCUT2D eigenvalue weighted by molar-refractivity contribution is 6.43. The van der Waals surface area contributed by atoms with Gasteiger partial charge in [0.2, 0.25) is 0 Å². The molecule has 28 heavy (non-hydrogen) atoms. The third-order valence-electron chi connectivity index (χ3n) is 3.76. The van der Waals surface area contributed by atoms with Gasteiger partial charge in [-0.25, -0.2) is 0 Å². The van der Waals surface area contributed by atoms with E-state index in [4.69, 9.17) is 0 Å². The minimum absolute atomic E-state index is 0.0462. The summed E-state index contributed by atoms with van der Waals surface area (Å²) < 4.78 is 0. The highest BCUT2D eigenvalue weighted by atomic mass is 16.6. The fourth-order valence-corrected chi connectivity index (χ4v) is 2.43. The van der Waals surface area contributed by atoms with E-state index < -0.39 is 16.7 Å². The summed E-state index contributed by atoms with van der Waals surface area (Å²) in [6.45, 7) is 0. The third-order valence-corrected chi connectivity index (χ3v) is 3.76. The zero-order chi connectivity index (χ0) is 19.9. The molecule has 140 valence electrons. The number of nitro groups is 1. The zero-order valence-corrected chi connectivity index (χ0v) is 14.6. The molecule has 8 nitrogen and oxygen atoms in total. The van der Waals surface area contributed by atoms with E-state index in [1.54, 1.807) is 24.3 Å². The van der Waals surface area contributed by atoms with E-state index in [1.807, 2.05) is 30.3 Å². The minimum atomic E-state index is -0.999. The number of carbonyl (C=O) groups is 2. The van der Waals surface area contributed by atoms with Crippen LogP contribution >= 0.6 is 0 Å². The third kappa shape index (κ3) is 4.70. The summed E-state index contributed by atoms with van der Waals surface area (Å²) in [5.41, 5.74) is 1.81. The molecule has 0 aliphatic rings. The Morgan fingerprint density at radius 3 is 1.89 bits per heavy atom. The molecule has 3 N–H and O–H groups in total. The maximum absolute atomic E-state index is 12.1. The van der Waals surface area contributed by atoms with Crippen molar-refractivity contribution in [3.05, 3.63) is 89.0 Å². The van der Waals surface area contributed by atoms with Crippen LogP contribution in [-0.2, 0) is 9.59 Å². The first-order valence-electron chi connectivity index (χ1n) is 8.31. The fraction of sp³-hybridized carbons (Fsp3) is 0. The highest BCUT2D eigenvalue weighted by Crippen LogP contribution is 2.23. The van der Waals surface area contributed by atoms with Gasteiger partial charge in [0, 0.05) is 23.1 Å². The van der Waals surface area contributed by atoms with Gasteiger partial charge in [-0.3, -0.25) is 19.7 Å². The second-order valence-corrected chi connectivity index (χ2v) is 5.75. The van der Waals surface area contributed by atoms with Gasteiger partial charge in [0.15, 0.2) is 0 Å². The van der Waals surface area contributed by atoms with Crippen LogP contribution in [0.15, 0.2) is 78.9 Å². The molecule has 0 aliphatic carbocycles. The zero-order valence-electron chi connectivity index (χ0n) is 14.6. The maximum atomic E-state index is 12.1. The van der Waals surface area contributed by atoms with Crippen molar-refractivity contribution < 1.29 is 14.5 Å². The number of nitrogens with zero attached hydrogens (tertiary/aromatic N) is 1. The lowest BCUT2D eigenvalue weighted by atomic mass is 10.2. The molecule has 0 aliphatic heterocycles. The number of nitro benzene ring substituents is 1. The lowest BCUT2D eigenvalue weighted by Crippen LogP contribution is -2.29. The lowest BCUT2D eigenvalue weighted by molar-refractivity contribution is -0.383. The van der Waals surface area contributed by atoms with Crippen LogP contribution in [0, 0.1) is 10.1 Å². The van der Waals surface area contributed by atoms with Crippen molar-refractivity contribution in [2.75, 3.05) is 16.0 Å². The van der Waals surface area contributed by atoms with Gasteiger partial charge in [0.25, 0.3) is 5.69 Å². The molecule has 3 rings (SSSR count). The Labute approximate surface area is 160 Å². The number of hydrogen-bond donors (Lipinski definition) is 3. The molecule has 0 unspecified atom stereocenters. The summed E-state index contributed by atoms with van der Waals surface area (Å²) >= 11 is 0. The van der Waals surface area contributed by atoms with Crippen LogP contribution in [0.25, 0.3) is 0 Å². The van der Waals surface area contributed by atoms with E-state index in [1.165, 1.54) is 24.3 Å². The molecule has 3 aromatic carbocycles. The lowest BCUT2D eigenvalue weighted by Gasteiger charge is -2.09. The molecule has 8 heteroatoms.